The second-order valence-corrected chi connectivity index (χ2v) is 5.56. The molecule has 140 valence electrons. The molecule has 0 saturated carbocycles. The van der Waals surface area contributed by atoms with E-state index in [1.54, 1.807) is 7.11 Å². The number of hydrogen-bond acceptors (Lipinski definition) is 3. The summed E-state index contributed by atoms with van der Waals surface area (Å²) in [5.74, 6) is -0.756. The molecule has 1 atom stereocenters. The molecule has 0 aliphatic heterocycles. The number of carbonyl (C=O) groups is 1. The molecule has 5 nitrogen and oxygen atoms in total. The van der Waals surface area contributed by atoms with Crippen LogP contribution in [0.15, 0.2) is 42.5 Å². The Morgan fingerprint density at radius 2 is 1.88 bits per heavy atom. The highest BCUT2D eigenvalue weighted by Gasteiger charge is 2.12. The van der Waals surface area contributed by atoms with Crippen molar-refractivity contribution in [2.75, 3.05) is 20.3 Å². The summed E-state index contributed by atoms with van der Waals surface area (Å²) in [6.45, 7) is 2.21. The maximum absolute atomic E-state index is 13.4. The summed E-state index contributed by atoms with van der Waals surface area (Å²) in [5, 5.41) is 5.51. The van der Waals surface area contributed by atoms with Gasteiger partial charge in [-0.2, -0.15) is 0 Å². The smallest absolute Gasteiger partial charge is 0.315 e. The van der Waals surface area contributed by atoms with E-state index in [0.29, 0.717) is 0 Å². The monoisotopic (exact) mass is 364 g/mol. The van der Waals surface area contributed by atoms with Gasteiger partial charge in [0.25, 0.3) is 0 Å². The van der Waals surface area contributed by atoms with Crippen molar-refractivity contribution in [2.45, 2.75) is 19.4 Å². The van der Waals surface area contributed by atoms with Crippen molar-refractivity contribution >= 4 is 6.03 Å². The summed E-state index contributed by atoms with van der Waals surface area (Å²) < 4.78 is 36.5. The van der Waals surface area contributed by atoms with Gasteiger partial charge in [0.2, 0.25) is 0 Å². The van der Waals surface area contributed by atoms with Crippen LogP contribution in [-0.2, 0) is 0 Å². The van der Waals surface area contributed by atoms with E-state index in [-0.39, 0.29) is 31.0 Å². The molecule has 2 rings (SSSR count). The Kier molecular flexibility index (Phi) is 7.20. The third-order valence-electron chi connectivity index (χ3n) is 3.77. The molecule has 2 amide bonds. The first kappa shape index (κ1) is 19.5. The maximum Gasteiger partial charge on any atom is 0.315 e. The Balaban J connectivity index is 1.77. The van der Waals surface area contributed by atoms with Gasteiger partial charge in [-0.1, -0.05) is 19.1 Å². The molecule has 2 aromatic carbocycles. The predicted molar refractivity (Wildman–Crippen MR) is 94.4 cm³/mol. The number of urea groups is 1. The zero-order valence-corrected chi connectivity index (χ0v) is 14.7. The van der Waals surface area contributed by atoms with Crippen molar-refractivity contribution in [3.63, 3.8) is 0 Å². The molecule has 2 aromatic rings. The van der Waals surface area contributed by atoms with Gasteiger partial charge in [0.05, 0.1) is 19.7 Å². The van der Waals surface area contributed by atoms with Crippen LogP contribution in [0.3, 0.4) is 0 Å². The number of methoxy groups -OCH3 is 1. The molecule has 0 spiro atoms. The van der Waals surface area contributed by atoms with Crippen molar-refractivity contribution in [2.24, 2.45) is 0 Å². The summed E-state index contributed by atoms with van der Waals surface area (Å²) >= 11 is 0. The number of amides is 2. The number of carbonyl (C=O) groups excluding carboxylic acids is 1. The molecule has 0 saturated heterocycles. The lowest BCUT2D eigenvalue weighted by atomic mass is 10.0. The Morgan fingerprint density at radius 3 is 2.50 bits per heavy atom. The minimum atomic E-state index is -0.778. The largest absolute Gasteiger partial charge is 0.497 e. The normalized spacial score (nSPS) is 11.5. The Morgan fingerprint density at radius 1 is 1.15 bits per heavy atom. The highest BCUT2D eigenvalue weighted by Crippen LogP contribution is 2.20. The van der Waals surface area contributed by atoms with Crippen LogP contribution in [0.5, 0.6) is 11.5 Å². The molecule has 0 aliphatic rings. The molecule has 0 heterocycles. The summed E-state index contributed by atoms with van der Waals surface area (Å²) in [6, 6.07) is 10.0. The minimum Gasteiger partial charge on any atom is -0.497 e. The second kappa shape index (κ2) is 9.60. The van der Waals surface area contributed by atoms with E-state index in [0.717, 1.165) is 29.9 Å². The minimum absolute atomic E-state index is 0.0572. The van der Waals surface area contributed by atoms with Gasteiger partial charge >= 0.3 is 6.03 Å². The van der Waals surface area contributed by atoms with Crippen molar-refractivity contribution in [3.05, 3.63) is 59.7 Å². The van der Waals surface area contributed by atoms with Gasteiger partial charge in [0, 0.05) is 6.07 Å². The van der Waals surface area contributed by atoms with E-state index >= 15 is 0 Å². The van der Waals surface area contributed by atoms with Gasteiger partial charge in [-0.05, 0) is 36.2 Å². The fourth-order valence-corrected chi connectivity index (χ4v) is 2.38. The molecule has 0 aliphatic carbocycles. The van der Waals surface area contributed by atoms with Gasteiger partial charge in [-0.25, -0.2) is 13.6 Å². The quantitative estimate of drug-likeness (QED) is 0.701. The maximum atomic E-state index is 13.4. The first-order valence-corrected chi connectivity index (χ1v) is 8.29. The summed E-state index contributed by atoms with van der Waals surface area (Å²) in [5.41, 5.74) is 0.966. The lowest BCUT2D eigenvalue weighted by Crippen LogP contribution is -2.39. The molecular formula is C19H22F2N2O3. The first-order valence-electron chi connectivity index (χ1n) is 8.29. The third kappa shape index (κ3) is 5.61. The van der Waals surface area contributed by atoms with Crippen LogP contribution in [0.25, 0.3) is 0 Å². The van der Waals surface area contributed by atoms with Crippen molar-refractivity contribution in [3.8, 4) is 11.5 Å². The number of rotatable bonds is 8. The highest BCUT2D eigenvalue weighted by molar-refractivity contribution is 5.74. The highest BCUT2D eigenvalue weighted by atomic mass is 19.1. The third-order valence-corrected chi connectivity index (χ3v) is 3.77. The SMILES string of the molecule is CCC(NC(=O)NCCOc1ccc(F)cc1F)c1ccc(OC)cc1. The van der Waals surface area contributed by atoms with Crippen LogP contribution < -0.4 is 20.1 Å². The topological polar surface area (TPSA) is 59.6 Å². The van der Waals surface area contributed by atoms with Crippen molar-refractivity contribution in [1.82, 2.24) is 10.6 Å². The molecule has 26 heavy (non-hydrogen) atoms. The lowest BCUT2D eigenvalue weighted by molar-refractivity contribution is 0.231. The summed E-state index contributed by atoms with van der Waals surface area (Å²) in [4.78, 5) is 12.0. The van der Waals surface area contributed by atoms with Crippen LogP contribution in [0, 0.1) is 11.6 Å². The fourth-order valence-electron chi connectivity index (χ4n) is 2.38. The molecular weight excluding hydrogens is 342 g/mol. The fraction of sp³-hybridized carbons (Fsp3) is 0.316. The zero-order valence-electron chi connectivity index (χ0n) is 14.7. The predicted octanol–water partition coefficient (Wildman–Crippen LogP) is 3.80. The van der Waals surface area contributed by atoms with Gasteiger partial charge in [0.1, 0.15) is 18.2 Å². The lowest BCUT2D eigenvalue weighted by Gasteiger charge is -2.18. The Hall–Kier alpha value is -2.83. The average molecular weight is 364 g/mol. The summed E-state index contributed by atoms with van der Waals surface area (Å²) in [6.07, 6.45) is 0.719. The second-order valence-electron chi connectivity index (χ2n) is 5.56. The summed E-state index contributed by atoms with van der Waals surface area (Å²) in [7, 11) is 1.60. The molecule has 2 N–H and O–H groups in total. The standard InChI is InChI=1S/C19H22F2N2O3/c1-3-17(13-4-7-15(25-2)8-5-13)23-19(24)22-10-11-26-18-9-6-14(20)12-16(18)21/h4-9,12,17H,3,10-11H2,1-2H3,(H2,22,23,24). The number of hydrogen-bond donors (Lipinski definition) is 2. The Labute approximate surface area is 151 Å². The van der Waals surface area contributed by atoms with Crippen molar-refractivity contribution < 1.29 is 23.0 Å². The van der Waals surface area contributed by atoms with E-state index in [2.05, 4.69) is 10.6 Å². The van der Waals surface area contributed by atoms with Crippen LogP contribution in [-0.4, -0.2) is 26.3 Å². The van der Waals surface area contributed by atoms with Crippen LogP contribution in [0.2, 0.25) is 0 Å². The van der Waals surface area contributed by atoms with Gasteiger partial charge in [-0.15, -0.1) is 0 Å². The van der Waals surface area contributed by atoms with Gasteiger partial charge < -0.3 is 20.1 Å². The number of nitrogens with one attached hydrogen (secondary N) is 2. The van der Waals surface area contributed by atoms with Crippen LogP contribution >= 0.6 is 0 Å². The van der Waals surface area contributed by atoms with E-state index < -0.39 is 11.6 Å². The molecule has 7 heteroatoms. The Bertz CT molecular complexity index is 723. The van der Waals surface area contributed by atoms with E-state index in [1.807, 2.05) is 31.2 Å². The average Bonchev–Trinajstić information content (AvgIpc) is 2.65. The molecule has 0 aromatic heterocycles. The van der Waals surface area contributed by atoms with E-state index in [9.17, 15) is 13.6 Å². The molecule has 0 bridgehead atoms. The first-order chi connectivity index (χ1) is 12.5. The van der Waals surface area contributed by atoms with Gasteiger partial charge in [-0.3, -0.25) is 0 Å². The number of ether oxygens (including phenoxy) is 2. The molecule has 0 radical (unpaired) electrons. The van der Waals surface area contributed by atoms with Crippen LogP contribution in [0.1, 0.15) is 24.9 Å². The van der Waals surface area contributed by atoms with Crippen LogP contribution in [0.4, 0.5) is 13.6 Å². The van der Waals surface area contributed by atoms with E-state index in [4.69, 9.17) is 9.47 Å². The number of benzene rings is 2. The molecule has 1 unspecified atom stereocenters. The molecule has 0 fully saturated rings. The van der Waals surface area contributed by atoms with E-state index in [1.165, 1.54) is 6.07 Å². The van der Waals surface area contributed by atoms with Crippen molar-refractivity contribution in [1.29, 1.82) is 0 Å². The number of halogens is 2. The van der Waals surface area contributed by atoms with Gasteiger partial charge in [0.15, 0.2) is 11.6 Å². The zero-order chi connectivity index (χ0) is 18.9.